The number of hydrogen-bond donors (Lipinski definition) is 2. The van der Waals surface area contributed by atoms with Gasteiger partial charge in [-0.05, 0) is 47.9 Å². The third kappa shape index (κ3) is 5.37. The van der Waals surface area contributed by atoms with Gasteiger partial charge in [-0.2, -0.15) is 0 Å². The van der Waals surface area contributed by atoms with E-state index < -0.39 is 0 Å². The number of rotatable bonds is 8. The van der Waals surface area contributed by atoms with Gasteiger partial charge in [0.25, 0.3) is 0 Å². The monoisotopic (exact) mass is 397 g/mol. The van der Waals surface area contributed by atoms with Gasteiger partial charge in [-0.25, -0.2) is 0 Å². The van der Waals surface area contributed by atoms with E-state index in [9.17, 15) is 9.90 Å². The number of ketones is 1. The molecule has 2 atom stereocenters. The van der Waals surface area contributed by atoms with Crippen LogP contribution in [0.25, 0.3) is 11.1 Å². The summed E-state index contributed by atoms with van der Waals surface area (Å²) in [4.78, 5) is 12.6. The average Bonchev–Trinajstić information content (AvgIpc) is 2.72. The summed E-state index contributed by atoms with van der Waals surface area (Å²) in [5.74, 6) is 1.34. The molecule has 0 saturated carbocycles. The molecule has 0 amide bonds. The van der Waals surface area contributed by atoms with Crippen LogP contribution in [0.5, 0.6) is 11.5 Å². The number of Topliss-reactive ketones (excluding diaryl/α,β-unsaturated/α-hetero) is 1. The number of benzene rings is 2. The molecule has 0 aliphatic carbocycles. The van der Waals surface area contributed by atoms with E-state index in [0.717, 1.165) is 41.7 Å². The first-order valence-electron chi connectivity index (χ1n) is 10.3. The second kappa shape index (κ2) is 9.90. The van der Waals surface area contributed by atoms with Crippen molar-refractivity contribution in [2.75, 3.05) is 13.7 Å². The Balaban J connectivity index is 1.77. The Morgan fingerprint density at radius 3 is 2.66 bits per heavy atom. The maximum absolute atomic E-state index is 12.6. The Morgan fingerprint density at radius 1 is 1.24 bits per heavy atom. The molecule has 0 radical (unpaired) electrons. The maximum Gasteiger partial charge on any atom is 0.168 e. The maximum atomic E-state index is 12.6. The Labute approximate surface area is 172 Å². The topological polar surface area (TPSA) is 81.8 Å². The molecular formula is C24H31NO4. The minimum atomic E-state index is 0.0453. The number of carbonyl (C=O) groups excluding carboxylic acids is 1. The van der Waals surface area contributed by atoms with Gasteiger partial charge in [-0.3, -0.25) is 4.79 Å². The van der Waals surface area contributed by atoms with Gasteiger partial charge in [-0.15, -0.1) is 0 Å². The van der Waals surface area contributed by atoms with E-state index in [1.54, 1.807) is 13.2 Å². The van der Waals surface area contributed by atoms with Crippen LogP contribution in [-0.4, -0.2) is 30.7 Å². The van der Waals surface area contributed by atoms with E-state index in [1.807, 2.05) is 30.3 Å². The van der Waals surface area contributed by atoms with E-state index in [-0.39, 0.29) is 17.6 Å². The molecule has 0 bridgehead atoms. The third-order valence-electron chi connectivity index (χ3n) is 5.66. The van der Waals surface area contributed by atoms with Gasteiger partial charge in [0.05, 0.1) is 13.2 Å². The lowest BCUT2D eigenvalue weighted by molar-refractivity contribution is -0.123. The molecule has 5 heteroatoms. The lowest BCUT2D eigenvalue weighted by Gasteiger charge is -2.26. The summed E-state index contributed by atoms with van der Waals surface area (Å²) in [6.07, 6.45) is 3.58. The molecule has 1 aliphatic heterocycles. The Kier molecular flexibility index (Phi) is 7.29. The van der Waals surface area contributed by atoms with Crippen LogP contribution in [0.2, 0.25) is 0 Å². The Hall–Kier alpha value is -2.37. The van der Waals surface area contributed by atoms with Crippen LogP contribution in [0.3, 0.4) is 0 Å². The predicted molar refractivity (Wildman–Crippen MR) is 114 cm³/mol. The molecule has 1 aliphatic rings. The van der Waals surface area contributed by atoms with E-state index in [1.165, 1.54) is 0 Å². The van der Waals surface area contributed by atoms with Crippen LogP contribution in [0.15, 0.2) is 36.4 Å². The minimum Gasteiger partial charge on any atom is -0.504 e. The fourth-order valence-electron chi connectivity index (χ4n) is 3.99. The van der Waals surface area contributed by atoms with E-state index in [0.29, 0.717) is 37.5 Å². The molecule has 2 aromatic rings. The van der Waals surface area contributed by atoms with Crippen LogP contribution in [0.4, 0.5) is 0 Å². The number of ether oxygens (including phenoxy) is 2. The highest BCUT2D eigenvalue weighted by Gasteiger charge is 2.22. The van der Waals surface area contributed by atoms with Gasteiger partial charge in [0.15, 0.2) is 11.5 Å². The van der Waals surface area contributed by atoms with Crippen LogP contribution in [0.1, 0.15) is 43.7 Å². The van der Waals surface area contributed by atoms with Gasteiger partial charge in [0.2, 0.25) is 0 Å². The quantitative estimate of drug-likeness (QED) is 0.696. The number of nitrogens with two attached hydrogens (primary N) is 1. The molecule has 3 rings (SSSR count). The molecular weight excluding hydrogens is 366 g/mol. The van der Waals surface area contributed by atoms with Crippen molar-refractivity contribution in [2.45, 2.75) is 51.7 Å². The lowest BCUT2D eigenvalue weighted by atomic mass is 9.91. The van der Waals surface area contributed by atoms with Gasteiger partial charge in [0.1, 0.15) is 5.78 Å². The van der Waals surface area contributed by atoms with Gasteiger partial charge < -0.3 is 20.3 Å². The fraction of sp³-hybridized carbons (Fsp3) is 0.458. The molecule has 156 valence electrons. The number of phenols is 1. The molecule has 5 nitrogen and oxygen atoms in total. The summed E-state index contributed by atoms with van der Waals surface area (Å²) in [5.41, 5.74) is 9.47. The molecule has 0 aromatic heterocycles. The number of hydrogen-bond acceptors (Lipinski definition) is 5. The van der Waals surface area contributed by atoms with Gasteiger partial charge in [0, 0.05) is 31.6 Å². The normalized spacial score (nSPS) is 19.1. The number of phenolic OH excluding ortho intramolecular Hbond substituents is 1. The molecule has 29 heavy (non-hydrogen) atoms. The van der Waals surface area contributed by atoms with Crippen molar-refractivity contribution in [1.29, 1.82) is 0 Å². The second-order valence-corrected chi connectivity index (χ2v) is 7.92. The first kappa shape index (κ1) is 21.3. The molecule has 1 saturated heterocycles. The van der Waals surface area contributed by atoms with Crippen molar-refractivity contribution >= 4 is 5.78 Å². The Morgan fingerprint density at radius 2 is 2.00 bits per heavy atom. The molecule has 3 N–H and O–H groups in total. The lowest BCUT2D eigenvalue weighted by Crippen LogP contribution is -2.26. The van der Waals surface area contributed by atoms with Crippen LogP contribution < -0.4 is 10.5 Å². The highest BCUT2D eigenvalue weighted by molar-refractivity contribution is 5.81. The fourth-order valence-corrected chi connectivity index (χ4v) is 3.99. The SMILES string of the molecule is COc1c(O)ccc(CCC(=O)C[C@H]2C[C@@H](C)CCO2)c1-c1ccc(CN)cc1. The second-order valence-electron chi connectivity index (χ2n) is 7.92. The van der Waals surface area contributed by atoms with Crippen LogP contribution >= 0.6 is 0 Å². The average molecular weight is 398 g/mol. The van der Waals surface area contributed by atoms with Crippen molar-refractivity contribution < 1.29 is 19.4 Å². The summed E-state index contributed by atoms with van der Waals surface area (Å²) >= 11 is 0. The number of aryl methyl sites for hydroxylation is 1. The summed E-state index contributed by atoms with van der Waals surface area (Å²) < 4.78 is 11.2. The zero-order valence-electron chi connectivity index (χ0n) is 17.3. The summed E-state index contributed by atoms with van der Waals surface area (Å²) in [7, 11) is 1.54. The number of methoxy groups -OCH3 is 1. The highest BCUT2D eigenvalue weighted by atomic mass is 16.5. The van der Waals surface area contributed by atoms with Crippen LogP contribution in [0, 0.1) is 5.92 Å². The van der Waals surface area contributed by atoms with E-state index >= 15 is 0 Å². The van der Waals surface area contributed by atoms with Crippen molar-refractivity contribution in [3.05, 3.63) is 47.5 Å². The molecule has 0 spiro atoms. The third-order valence-corrected chi connectivity index (χ3v) is 5.66. The van der Waals surface area contributed by atoms with Crippen molar-refractivity contribution in [1.82, 2.24) is 0 Å². The summed E-state index contributed by atoms with van der Waals surface area (Å²) in [5, 5.41) is 10.3. The highest BCUT2D eigenvalue weighted by Crippen LogP contribution is 2.40. The predicted octanol–water partition coefficient (Wildman–Crippen LogP) is 4.23. The first-order chi connectivity index (χ1) is 14.0. The van der Waals surface area contributed by atoms with E-state index in [4.69, 9.17) is 15.2 Å². The molecule has 0 unspecified atom stereocenters. The van der Waals surface area contributed by atoms with Crippen molar-refractivity contribution in [3.63, 3.8) is 0 Å². The van der Waals surface area contributed by atoms with Crippen molar-refractivity contribution in [3.8, 4) is 22.6 Å². The zero-order chi connectivity index (χ0) is 20.8. The largest absolute Gasteiger partial charge is 0.504 e. The van der Waals surface area contributed by atoms with Gasteiger partial charge in [-0.1, -0.05) is 37.3 Å². The van der Waals surface area contributed by atoms with E-state index in [2.05, 4.69) is 6.92 Å². The van der Waals surface area contributed by atoms with Crippen molar-refractivity contribution in [2.24, 2.45) is 11.7 Å². The summed E-state index contributed by atoms with van der Waals surface area (Å²) in [6, 6.07) is 11.4. The zero-order valence-corrected chi connectivity index (χ0v) is 17.3. The molecule has 1 heterocycles. The summed E-state index contributed by atoms with van der Waals surface area (Å²) in [6.45, 7) is 3.43. The minimum absolute atomic E-state index is 0.0453. The van der Waals surface area contributed by atoms with Gasteiger partial charge >= 0.3 is 0 Å². The molecule has 2 aromatic carbocycles. The molecule has 1 fully saturated rings. The standard InChI is InChI=1S/C24H31NO4/c1-16-11-12-29-21(13-16)14-20(26)9-7-19-8-10-22(27)24(28-2)23(19)18-5-3-17(15-25)4-6-18/h3-6,8,10,16,21,27H,7,9,11-15,25H2,1-2H3/t16-,21+/m0/s1. The van der Waals surface area contributed by atoms with Crippen LogP contribution in [-0.2, 0) is 22.5 Å². The first-order valence-corrected chi connectivity index (χ1v) is 10.3. The number of aromatic hydroxyl groups is 1. The Bertz CT molecular complexity index is 832. The smallest absolute Gasteiger partial charge is 0.168 e. The number of carbonyl (C=O) groups is 1.